The van der Waals surface area contributed by atoms with E-state index in [4.69, 9.17) is 10.3 Å². The predicted molar refractivity (Wildman–Crippen MR) is 57.0 cm³/mol. The molecule has 0 amide bonds. The van der Waals surface area contributed by atoms with Crippen LogP contribution in [0.1, 0.15) is 12.5 Å². The van der Waals surface area contributed by atoms with Crippen molar-refractivity contribution in [1.29, 1.82) is 0 Å². The van der Waals surface area contributed by atoms with Gasteiger partial charge in [0.05, 0.1) is 6.61 Å². The van der Waals surface area contributed by atoms with E-state index in [2.05, 4.69) is 10.0 Å². The summed E-state index contributed by atoms with van der Waals surface area (Å²) in [7, 11) is 0. The molecule has 5 heteroatoms. The lowest BCUT2D eigenvalue weighted by Gasteiger charge is -2.08. The summed E-state index contributed by atoms with van der Waals surface area (Å²) in [6.45, 7) is 2.69. The average Bonchev–Trinajstić information content (AvgIpc) is 2.24. The Morgan fingerprint density at radius 1 is 1.53 bits per heavy atom. The van der Waals surface area contributed by atoms with Crippen LogP contribution in [0.15, 0.2) is 23.3 Å². The number of benzene rings is 1. The van der Waals surface area contributed by atoms with E-state index in [1.807, 2.05) is 6.92 Å². The van der Waals surface area contributed by atoms with Gasteiger partial charge < -0.3 is 9.84 Å². The second-order valence-electron chi connectivity index (χ2n) is 2.90. The van der Waals surface area contributed by atoms with Crippen molar-refractivity contribution >= 4 is 0 Å². The minimum atomic E-state index is 0.132. The van der Waals surface area contributed by atoms with Crippen molar-refractivity contribution in [3.8, 4) is 11.5 Å². The largest absolute Gasteiger partial charge is 0.504 e. The molecule has 1 aromatic carbocycles. The summed E-state index contributed by atoms with van der Waals surface area (Å²) in [6, 6.07) is 5.29. The number of aromatic hydroxyl groups is 1. The normalized spacial score (nSPS) is 9.40. The minimum absolute atomic E-state index is 0.132. The highest BCUT2D eigenvalue weighted by Crippen LogP contribution is 2.29. The van der Waals surface area contributed by atoms with Crippen molar-refractivity contribution in [2.75, 3.05) is 13.2 Å². The molecule has 0 fully saturated rings. The number of rotatable bonds is 5. The molecule has 0 aliphatic heterocycles. The first kappa shape index (κ1) is 11.2. The number of nitrogens with zero attached hydrogens (tertiary/aromatic N) is 3. The van der Waals surface area contributed by atoms with Gasteiger partial charge in [0.15, 0.2) is 11.5 Å². The van der Waals surface area contributed by atoms with Gasteiger partial charge in [0.2, 0.25) is 0 Å². The van der Waals surface area contributed by atoms with Crippen molar-refractivity contribution in [2.24, 2.45) is 5.11 Å². The molecule has 0 heterocycles. The lowest BCUT2D eigenvalue weighted by Crippen LogP contribution is -1.95. The number of azide groups is 1. The highest BCUT2D eigenvalue weighted by Gasteiger charge is 2.06. The molecule has 1 rings (SSSR count). The number of ether oxygens (including phenoxy) is 1. The number of hydrogen-bond donors (Lipinski definition) is 1. The Balaban J connectivity index is 2.79. The van der Waals surface area contributed by atoms with Gasteiger partial charge in [-0.3, -0.25) is 0 Å². The first-order valence-corrected chi connectivity index (χ1v) is 4.74. The van der Waals surface area contributed by atoms with Crippen LogP contribution >= 0.6 is 0 Å². The lowest BCUT2D eigenvalue weighted by molar-refractivity contribution is 0.316. The second-order valence-corrected chi connectivity index (χ2v) is 2.90. The fourth-order valence-corrected chi connectivity index (χ4v) is 1.26. The van der Waals surface area contributed by atoms with Crippen LogP contribution in [0.25, 0.3) is 10.4 Å². The third-order valence-corrected chi connectivity index (χ3v) is 1.93. The molecule has 0 radical (unpaired) electrons. The molecule has 0 saturated heterocycles. The Kier molecular flexibility index (Phi) is 4.31. The van der Waals surface area contributed by atoms with E-state index in [9.17, 15) is 5.11 Å². The Labute approximate surface area is 87.9 Å². The molecule has 0 aliphatic rings. The molecule has 0 aliphatic carbocycles. The minimum Gasteiger partial charge on any atom is -0.504 e. The monoisotopic (exact) mass is 207 g/mol. The van der Waals surface area contributed by atoms with Gasteiger partial charge >= 0.3 is 0 Å². The quantitative estimate of drug-likeness (QED) is 0.457. The summed E-state index contributed by atoms with van der Waals surface area (Å²) < 4.78 is 5.23. The third kappa shape index (κ3) is 3.07. The topological polar surface area (TPSA) is 78.2 Å². The predicted octanol–water partition coefficient (Wildman–Crippen LogP) is 2.64. The summed E-state index contributed by atoms with van der Waals surface area (Å²) in [4.78, 5) is 2.65. The molecule has 15 heavy (non-hydrogen) atoms. The van der Waals surface area contributed by atoms with E-state index >= 15 is 0 Å². The van der Waals surface area contributed by atoms with Crippen LogP contribution in [0.2, 0.25) is 0 Å². The molecule has 5 nitrogen and oxygen atoms in total. The number of phenolic OH excluding ortho intramolecular Hbond substituents is 1. The molecule has 0 spiro atoms. The Morgan fingerprint density at radius 2 is 2.33 bits per heavy atom. The lowest BCUT2D eigenvalue weighted by atomic mass is 10.1. The van der Waals surface area contributed by atoms with Gasteiger partial charge in [-0.15, -0.1) is 0 Å². The number of phenols is 1. The third-order valence-electron chi connectivity index (χ3n) is 1.93. The average molecular weight is 207 g/mol. The van der Waals surface area contributed by atoms with E-state index in [1.54, 1.807) is 18.2 Å². The van der Waals surface area contributed by atoms with Crippen LogP contribution in [0, 0.1) is 0 Å². The van der Waals surface area contributed by atoms with E-state index in [0.717, 1.165) is 5.56 Å². The molecular formula is C10H13N3O2. The van der Waals surface area contributed by atoms with Gasteiger partial charge in [-0.25, -0.2) is 0 Å². The molecule has 0 unspecified atom stereocenters. The zero-order valence-corrected chi connectivity index (χ0v) is 8.55. The van der Waals surface area contributed by atoms with Gasteiger partial charge in [0.1, 0.15) is 0 Å². The Bertz CT molecular complexity index is 373. The second kappa shape index (κ2) is 5.78. The van der Waals surface area contributed by atoms with Crippen LogP contribution in [0.5, 0.6) is 11.5 Å². The Morgan fingerprint density at radius 3 is 3.00 bits per heavy atom. The van der Waals surface area contributed by atoms with Gasteiger partial charge in [0.25, 0.3) is 0 Å². The van der Waals surface area contributed by atoms with E-state index in [-0.39, 0.29) is 5.75 Å². The van der Waals surface area contributed by atoms with Crippen LogP contribution in [0.3, 0.4) is 0 Å². The van der Waals surface area contributed by atoms with Gasteiger partial charge in [-0.1, -0.05) is 17.2 Å². The van der Waals surface area contributed by atoms with Crippen molar-refractivity contribution < 1.29 is 9.84 Å². The molecular weight excluding hydrogens is 194 g/mol. The molecule has 0 bridgehead atoms. The van der Waals surface area contributed by atoms with Crippen LogP contribution in [-0.2, 0) is 6.42 Å². The molecule has 0 atom stereocenters. The zero-order valence-electron chi connectivity index (χ0n) is 8.55. The van der Waals surface area contributed by atoms with Crippen molar-refractivity contribution in [2.45, 2.75) is 13.3 Å². The molecule has 0 aromatic heterocycles. The molecule has 1 N–H and O–H groups in total. The number of para-hydroxylation sites is 1. The van der Waals surface area contributed by atoms with Gasteiger partial charge in [0, 0.05) is 11.5 Å². The van der Waals surface area contributed by atoms with Crippen molar-refractivity contribution in [3.05, 3.63) is 34.2 Å². The standard InChI is InChI=1S/C10H13N3O2/c1-2-15-9-5-3-4-8(10(9)14)6-7-12-13-11/h3-5,14H,2,6-7H2,1H3. The van der Waals surface area contributed by atoms with Gasteiger partial charge in [-0.2, -0.15) is 0 Å². The SMILES string of the molecule is CCOc1cccc(CCN=[N+]=[N-])c1O. The number of hydrogen-bond acceptors (Lipinski definition) is 3. The maximum atomic E-state index is 9.76. The summed E-state index contributed by atoms with van der Waals surface area (Å²) >= 11 is 0. The van der Waals surface area contributed by atoms with Crippen LogP contribution < -0.4 is 4.74 Å². The fourth-order valence-electron chi connectivity index (χ4n) is 1.26. The van der Waals surface area contributed by atoms with E-state index < -0.39 is 0 Å². The summed E-state index contributed by atoms with van der Waals surface area (Å²) in [5, 5.41) is 13.2. The Hall–Kier alpha value is -1.87. The van der Waals surface area contributed by atoms with Crippen LogP contribution in [-0.4, -0.2) is 18.3 Å². The van der Waals surface area contributed by atoms with E-state index in [1.165, 1.54) is 0 Å². The maximum absolute atomic E-state index is 9.76. The first-order valence-electron chi connectivity index (χ1n) is 4.74. The smallest absolute Gasteiger partial charge is 0.161 e. The molecule has 1 aromatic rings. The maximum Gasteiger partial charge on any atom is 0.161 e. The summed E-state index contributed by atoms with van der Waals surface area (Å²) in [5.74, 6) is 0.600. The highest BCUT2D eigenvalue weighted by molar-refractivity contribution is 5.45. The van der Waals surface area contributed by atoms with Crippen molar-refractivity contribution in [1.82, 2.24) is 0 Å². The highest BCUT2D eigenvalue weighted by atomic mass is 16.5. The fraction of sp³-hybridized carbons (Fsp3) is 0.400. The van der Waals surface area contributed by atoms with E-state index in [0.29, 0.717) is 25.3 Å². The molecule has 80 valence electrons. The van der Waals surface area contributed by atoms with Crippen molar-refractivity contribution in [3.63, 3.8) is 0 Å². The first-order chi connectivity index (χ1) is 7.29. The zero-order chi connectivity index (χ0) is 11.1. The van der Waals surface area contributed by atoms with Crippen LogP contribution in [0.4, 0.5) is 0 Å². The summed E-state index contributed by atoms with van der Waals surface area (Å²) in [5.41, 5.74) is 8.85. The van der Waals surface area contributed by atoms with Gasteiger partial charge in [-0.05, 0) is 30.5 Å². The summed E-state index contributed by atoms with van der Waals surface area (Å²) in [6.07, 6.45) is 0.511. The molecule has 0 saturated carbocycles.